The Morgan fingerprint density at radius 1 is 1.03 bits per heavy atom. The Morgan fingerprint density at radius 2 is 1.72 bits per heavy atom. The van der Waals surface area contributed by atoms with Gasteiger partial charge in [-0.1, -0.05) is 26.0 Å². The summed E-state index contributed by atoms with van der Waals surface area (Å²) in [5, 5.41) is 28.7. The van der Waals surface area contributed by atoms with Gasteiger partial charge >= 0.3 is 11.9 Å². The molecule has 29 heavy (non-hydrogen) atoms. The van der Waals surface area contributed by atoms with Gasteiger partial charge in [-0.05, 0) is 91.8 Å². The summed E-state index contributed by atoms with van der Waals surface area (Å²) >= 11 is 0. The zero-order chi connectivity index (χ0) is 21.4. The van der Waals surface area contributed by atoms with Crippen molar-refractivity contribution in [1.82, 2.24) is 0 Å². The molecular weight excluding hydrogens is 368 g/mol. The van der Waals surface area contributed by atoms with Crippen LogP contribution in [0.4, 0.5) is 0 Å². The predicted molar refractivity (Wildman–Crippen MR) is 111 cm³/mol. The third kappa shape index (κ3) is 4.12. The summed E-state index contributed by atoms with van der Waals surface area (Å²) in [6.07, 6.45) is 7.78. The lowest BCUT2D eigenvalue weighted by atomic mass is 9.48. The van der Waals surface area contributed by atoms with E-state index in [1.54, 1.807) is 0 Å². The van der Waals surface area contributed by atoms with Crippen molar-refractivity contribution in [3.8, 4) is 0 Å². The standard InChI is InChI=1S/C24H38O5/c1-15-4-5-19-18(8-11-25)20(7-10-23(15,19)2)24(3)9-6-16(13-21(26)27)12-17(24)14-22(28)29/h16-20,25H,1,4-14H2,2-3H3,(H,26,27)(H,28,29)/t16-,17-,18+,19-,20-,23+,24+/m0/s1. The fraction of sp³-hybridized carbons (Fsp3) is 0.833. The second-order valence-electron chi connectivity index (χ2n) is 10.5. The Morgan fingerprint density at radius 3 is 2.34 bits per heavy atom. The highest BCUT2D eigenvalue weighted by atomic mass is 16.4. The highest BCUT2D eigenvalue weighted by Crippen LogP contribution is 2.64. The highest BCUT2D eigenvalue weighted by Gasteiger charge is 2.56. The van der Waals surface area contributed by atoms with Gasteiger partial charge in [0.05, 0.1) is 0 Å². The van der Waals surface area contributed by atoms with Crippen molar-refractivity contribution >= 4 is 11.9 Å². The summed E-state index contributed by atoms with van der Waals surface area (Å²) in [7, 11) is 0. The molecule has 3 rings (SSSR count). The maximum Gasteiger partial charge on any atom is 0.303 e. The van der Waals surface area contributed by atoms with E-state index >= 15 is 0 Å². The average Bonchev–Trinajstić information content (AvgIpc) is 2.93. The quantitative estimate of drug-likeness (QED) is 0.531. The number of rotatable bonds is 7. The first-order valence-corrected chi connectivity index (χ1v) is 11.3. The minimum Gasteiger partial charge on any atom is -0.481 e. The van der Waals surface area contributed by atoms with Crippen LogP contribution >= 0.6 is 0 Å². The minimum absolute atomic E-state index is 0.00162. The number of hydrogen-bond donors (Lipinski definition) is 3. The van der Waals surface area contributed by atoms with Crippen LogP contribution in [0, 0.1) is 40.4 Å². The van der Waals surface area contributed by atoms with Crippen LogP contribution in [-0.4, -0.2) is 33.9 Å². The van der Waals surface area contributed by atoms with Gasteiger partial charge in [0.2, 0.25) is 0 Å². The molecule has 0 bridgehead atoms. The number of hydrogen-bond acceptors (Lipinski definition) is 3. The van der Waals surface area contributed by atoms with Gasteiger partial charge in [0.15, 0.2) is 0 Å². The molecular formula is C24H38O5. The van der Waals surface area contributed by atoms with E-state index in [1.165, 1.54) is 5.57 Å². The molecule has 0 aromatic carbocycles. The Balaban J connectivity index is 1.89. The van der Waals surface area contributed by atoms with Crippen molar-refractivity contribution < 1.29 is 24.9 Å². The molecule has 3 saturated carbocycles. The first-order chi connectivity index (χ1) is 13.6. The summed E-state index contributed by atoms with van der Waals surface area (Å²) in [6.45, 7) is 9.13. The van der Waals surface area contributed by atoms with E-state index in [9.17, 15) is 24.9 Å². The lowest BCUT2D eigenvalue weighted by Gasteiger charge is -2.57. The normalized spacial score (nSPS) is 42.4. The summed E-state index contributed by atoms with van der Waals surface area (Å²) in [5.74, 6) is -0.224. The third-order valence-corrected chi connectivity index (χ3v) is 9.23. The number of aliphatic hydroxyl groups is 1. The molecule has 7 atom stereocenters. The second kappa shape index (κ2) is 8.41. The van der Waals surface area contributed by atoms with Gasteiger partial charge in [-0.15, -0.1) is 0 Å². The summed E-state index contributed by atoms with van der Waals surface area (Å²) in [4.78, 5) is 22.9. The van der Waals surface area contributed by atoms with Crippen LogP contribution in [0.3, 0.4) is 0 Å². The molecule has 0 unspecified atom stereocenters. The fourth-order valence-corrected chi connectivity index (χ4v) is 7.52. The molecule has 3 aliphatic rings. The van der Waals surface area contributed by atoms with Crippen LogP contribution in [0.1, 0.15) is 78.1 Å². The lowest BCUT2D eigenvalue weighted by Crippen LogP contribution is -2.50. The third-order valence-electron chi connectivity index (χ3n) is 9.23. The van der Waals surface area contributed by atoms with E-state index in [0.717, 1.165) is 44.9 Å². The van der Waals surface area contributed by atoms with Crippen molar-refractivity contribution in [2.45, 2.75) is 78.1 Å². The van der Waals surface area contributed by atoms with Crippen LogP contribution in [0.5, 0.6) is 0 Å². The van der Waals surface area contributed by atoms with E-state index in [4.69, 9.17) is 0 Å². The van der Waals surface area contributed by atoms with Crippen molar-refractivity contribution in [1.29, 1.82) is 0 Å². The largest absolute Gasteiger partial charge is 0.481 e. The maximum absolute atomic E-state index is 11.7. The number of allylic oxidation sites excluding steroid dienone is 1. The first-order valence-electron chi connectivity index (χ1n) is 11.3. The van der Waals surface area contributed by atoms with E-state index in [2.05, 4.69) is 20.4 Å². The molecule has 5 nitrogen and oxygen atoms in total. The van der Waals surface area contributed by atoms with Gasteiger partial charge in [0.25, 0.3) is 0 Å². The Kier molecular flexibility index (Phi) is 6.47. The molecule has 0 aromatic rings. The van der Waals surface area contributed by atoms with Gasteiger partial charge in [-0.3, -0.25) is 9.59 Å². The average molecular weight is 407 g/mol. The molecule has 0 aliphatic heterocycles. The zero-order valence-electron chi connectivity index (χ0n) is 18.0. The van der Waals surface area contributed by atoms with E-state index in [-0.39, 0.29) is 42.1 Å². The topological polar surface area (TPSA) is 94.8 Å². The van der Waals surface area contributed by atoms with Crippen LogP contribution in [-0.2, 0) is 9.59 Å². The van der Waals surface area contributed by atoms with Gasteiger partial charge in [-0.2, -0.15) is 0 Å². The summed E-state index contributed by atoms with van der Waals surface area (Å²) in [6, 6.07) is 0. The van der Waals surface area contributed by atoms with E-state index in [0.29, 0.717) is 24.2 Å². The zero-order valence-corrected chi connectivity index (χ0v) is 18.0. The van der Waals surface area contributed by atoms with Crippen molar-refractivity contribution in [2.24, 2.45) is 40.4 Å². The van der Waals surface area contributed by atoms with Crippen molar-refractivity contribution in [2.75, 3.05) is 6.61 Å². The molecule has 164 valence electrons. The van der Waals surface area contributed by atoms with E-state index in [1.807, 2.05) is 0 Å². The molecule has 0 aromatic heterocycles. The number of aliphatic hydroxyl groups excluding tert-OH is 1. The number of fused-ring (bicyclic) bond motifs is 1. The van der Waals surface area contributed by atoms with Crippen molar-refractivity contribution in [3.63, 3.8) is 0 Å². The van der Waals surface area contributed by atoms with Crippen LogP contribution in [0.15, 0.2) is 12.2 Å². The SMILES string of the molecule is C=C1CC[C@H]2[C@@H](CCO)[C@@H]([C@]3(C)CC[C@H](CC(=O)O)C[C@H]3CC(=O)O)CC[C@]12C. The maximum atomic E-state index is 11.7. The van der Waals surface area contributed by atoms with Crippen molar-refractivity contribution in [3.05, 3.63) is 12.2 Å². The second-order valence-corrected chi connectivity index (χ2v) is 10.5. The van der Waals surface area contributed by atoms with Crippen LogP contribution < -0.4 is 0 Å². The molecule has 5 heteroatoms. The molecule has 3 aliphatic carbocycles. The van der Waals surface area contributed by atoms with Crippen LogP contribution in [0.25, 0.3) is 0 Å². The number of carboxylic acid groups (broad SMARTS) is 2. The van der Waals surface area contributed by atoms with Gasteiger partial charge < -0.3 is 15.3 Å². The fourth-order valence-electron chi connectivity index (χ4n) is 7.52. The monoisotopic (exact) mass is 406 g/mol. The smallest absolute Gasteiger partial charge is 0.303 e. The molecule has 0 spiro atoms. The number of carbonyl (C=O) groups is 2. The molecule has 0 radical (unpaired) electrons. The first kappa shape index (κ1) is 22.3. The Hall–Kier alpha value is -1.36. The molecule has 3 N–H and O–H groups in total. The van der Waals surface area contributed by atoms with Crippen LogP contribution in [0.2, 0.25) is 0 Å². The summed E-state index contributed by atoms with van der Waals surface area (Å²) < 4.78 is 0. The number of carboxylic acids is 2. The minimum atomic E-state index is -0.788. The Labute approximate surface area is 174 Å². The predicted octanol–water partition coefficient (Wildman–Crippen LogP) is 4.74. The van der Waals surface area contributed by atoms with Gasteiger partial charge in [0.1, 0.15) is 0 Å². The van der Waals surface area contributed by atoms with E-state index < -0.39 is 11.9 Å². The highest BCUT2D eigenvalue weighted by molar-refractivity contribution is 5.68. The molecule has 0 heterocycles. The van der Waals surface area contributed by atoms with Gasteiger partial charge in [-0.25, -0.2) is 0 Å². The summed E-state index contributed by atoms with van der Waals surface area (Å²) in [5.41, 5.74) is 1.38. The molecule has 0 amide bonds. The Bertz CT molecular complexity index is 658. The van der Waals surface area contributed by atoms with Gasteiger partial charge in [0, 0.05) is 19.4 Å². The molecule has 0 saturated heterocycles. The molecule has 3 fully saturated rings. The lowest BCUT2D eigenvalue weighted by molar-refractivity contribution is -0.144. The number of aliphatic carboxylic acids is 2.